The van der Waals surface area contributed by atoms with Crippen molar-refractivity contribution >= 4 is 5.97 Å². The van der Waals surface area contributed by atoms with Crippen molar-refractivity contribution in [3.05, 3.63) is 0 Å². The summed E-state index contributed by atoms with van der Waals surface area (Å²) in [5, 5.41) is 0. The van der Waals surface area contributed by atoms with Gasteiger partial charge in [-0.25, -0.2) is 4.79 Å². The van der Waals surface area contributed by atoms with Crippen LogP contribution >= 0.6 is 0 Å². The van der Waals surface area contributed by atoms with Crippen LogP contribution in [0, 0.1) is 0 Å². The zero-order valence-electron chi connectivity index (χ0n) is 31.4. The maximum absolute atomic E-state index is 12.6. The number of rotatable bonds is 40. The van der Waals surface area contributed by atoms with E-state index in [9.17, 15) is 4.79 Å². The van der Waals surface area contributed by atoms with E-state index in [1.165, 1.54) is 0 Å². The normalized spacial score (nSPS) is 12.5. The van der Waals surface area contributed by atoms with E-state index in [0.29, 0.717) is 126 Å². The largest absolute Gasteiger partial charge is 0.458 e. The van der Waals surface area contributed by atoms with Gasteiger partial charge < -0.3 is 61.6 Å². The van der Waals surface area contributed by atoms with Gasteiger partial charge in [-0.15, -0.1) is 0 Å². The Bertz CT molecular complexity index is 665. The number of ether oxygens (including phenoxy) is 13. The Morgan fingerprint density at radius 1 is 0.408 bits per heavy atom. The minimum absolute atomic E-state index is 0.0442. The summed E-state index contributed by atoms with van der Waals surface area (Å²) in [5.74, 6) is -0.485. The predicted molar refractivity (Wildman–Crippen MR) is 184 cm³/mol. The minimum atomic E-state index is -0.873. The summed E-state index contributed by atoms with van der Waals surface area (Å²) >= 11 is 0. The molecule has 0 aliphatic heterocycles. The molecule has 14 nitrogen and oxygen atoms in total. The fraction of sp³-hybridized carbons (Fsp3) is 0.971. The molecule has 0 aromatic heterocycles. The van der Waals surface area contributed by atoms with Crippen molar-refractivity contribution < 1.29 is 66.4 Å². The molecule has 0 radical (unpaired) electrons. The lowest BCUT2D eigenvalue weighted by atomic mass is 10.2. The molecule has 0 aromatic carbocycles. The molecule has 0 saturated carbocycles. The molecular formula is C35H70O14. The topological polar surface area (TPSA) is 137 Å². The Morgan fingerprint density at radius 3 is 0.959 bits per heavy atom. The highest BCUT2D eigenvalue weighted by Crippen LogP contribution is 2.10. The molecule has 0 N–H and O–H groups in total. The van der Waals surface area contributed by atoms with Gasteiger partial charge in [0, 0.05) is 13.2 Å². The zero-order chi connectivity index (χ0) is 35.9. The Morgan fingerprint density at radius 2 is 0.673 bits per heavy atom. The van der Waals surface area contributed by atoms with Gasteiger partial charge in [-0.3, -0.25) is 0 Å². The summed E-state index contributed by atoms with van der Waals surface area (Å²) < 4.78 is 71.6. The van der Waals surface area contributed by atoms with Gasteiger partial charge in [0.15, 0.2) is 6.10 Å². The minimum Gasteiger partial charge on any atom is -0.458 e. The van der Waals surface area contributed by atoms with Crippen molar-refractivity contribution in [2.75, 3.05) is 152 Å². The van der Waals surface area contributed by atoms with E-state index in [1.807, 2.05) is 0 Å². The van der Waals surface area contributed by atoms with E-state index in [4.69, 9.17) is 61.6 Å². The first-order chi connectivity index (χ1) is 23.9. The Kier molecular flexibility index (Phi) is 37.4. The van der Waals surface area contributed by atoms with Crippen LogP contribution in [0.4, 0.5) is 0 Å². The first kappa shape index (κ1) is 48.0. The van der Waals surface area contributed by atoms with Gasteiger partial charge in [0.2, 0.25) is 0 Å². The molecule has 0 heterocycles. The Labute approximate surface area is 296 Å². The summed E-state index contributed by atoms with van der Waals surface area (Å²) in [6.07, 6.45) is 3.55. The highest BCUT2D eigenvalue weighted by Gasteiger charge is 2.26. The van der Waals surface area contributed by atoms with Crippen molar-refractivity contribution in [2.24, 2.45) is 0 Å². The van der Waals surface area contributed by atoms with Crippen LogP contribution in [0.5, 0.6) is 0 Å². The predicted octanol–water partition coefficient (Wildman–Crippen LogP) is 3.50. The van der Waals surface area contributed by atoms with Crippen LogP contribution in [0.25, 0.3) is 0 Å². The molecule has 0 aromatic rings. The van der Waals surface area contributed by atoms with Crippen molar-refractivity contribution in [1.82, 2.24) is 0 Å². The van der Waals surface area contributed by atoms with Crippen molar-refractivity contribution in [2.45, 2.75) is 72.0 Å². The molecule has 0 amide bonds. The summed E-state index contributed by atoms with van der Waals surface area (Å²) in [5.41, 5.74) is -0.642. The third-order valence-corrected chi connectivity index (χ3v) is 6.12. The van der Waals surface area contributed by atoms with Gasteiger partial charge in [-0.05, 0) is 33.6 Å². The second-order valence-corrected chi connectivity index (χ2v) is 11.8. The molecule has 14 heteroatoms. The SMILES string of the molecule is CCCCOCCOCCOCCOCCOCCOCC(OCCOCCOCCOCCOCCOCCCC)C(=O)OC(C)(C)C. The monoisotopic (exact) mass is 714 g/mol. The van der Waals surface area contributed by atoms with Crippen LogP contribution in [0.1, 0.15) is 60.3 Å². The highest BCUT2D eigenvalue weighted by atomic mass is 16.6. The number of hydrogen-bond donors (Lipinski definition) is 0. The number of carbonyl (C=O) groups excluding carboxylic acids is 1. The maximum atomic E-state index is 12.6. The molecule has 49 heavy (non-hydrogen) atoms. The van der Waals surface area contributed by atoms with Crippen LogP contribution in [0.15, 0.2) is 0 Å². The number of carbonyl (C=O) groups is 1. The first-order valence-corrected chi connectivity index (χ1v) is 18.1. The Hall–Kier alpha value is -1.01. The zero-order valence-corrected chi connectivity index (χ0v) is 31.4. The molecule has 0 aliphatic carbocycles. The van der Waals surface area contributed by atoms with E-state index in [-0.39, 0.29) is 13.2 Å². The van der Waals surface area contributed by atoms with Gasteiger partial charge >= 0.3 is 5.97 Å². The third kappa shape index (κ3) is 39.6. The summed E-state index contributed by atoms with van der Waals surface area (Å²) in [4.78, 5) is 12.6. The van der Waals surface area contributed by atoms with E-state index in [1.54, 1.807) is 20.8 Å². The lowest BCUT2D eigenvalue weighted by Crippen LogP contribution is -2.37. The van der Waals surface area contributed by atoms with Crippen LogP contribution in [0.2, 0.25) is 0 Å². The van der Waals surface area contributed by atoms with Gasteiger partial charge in [0.25, 0.3) is 0 Å². The van der Waals surface area contributed by atoms with Crippen molar-refractivity contribution in [1.29, 1.82) is 0 Å². The fourth-order valence-electron chi connectivity index (χ4n) is 3.57. The number of hydrogen-bond acceptors (Lipinski definition) is 14. The van der Waals surface area contributed by atoms with Crippen LogP contribution in [0.3, 0.4) is 0 Å². The van der Waals surface area contributed by atoms with Crippen LogP contribution in [-0.2, 0) is 66.4 Å². The molecule has 1 unspecified atom stereocenters. The second-order valence-electron chi connectivity index (χ2n) is 11.8. The van der Waals surface area contributed by atoms with E-state index < -0.39 is 17.7 Å². The molecule has 0 aliphatic rings. The van der Waals surface area contributed by atoms with Crippen molar-refractivity contribution in [3.8, 4) is 0 Å². The average molecular weight is 715 g/mol. The third-order valence-electron chi connectivity index (χ3n) is 6.12. The standard InChI is InChI=1S/C35H70O14/c1-6-8-10-37-12-14-39-16-18-41-20-21-43-24-25-45-28-29-47-32-33(34(36)49-35(3,4)5)48-31-30-46-27-26-44-23-22-42-19-17-40-15-13-38-11-9-7-2/h33H,6-32H2,1-5H3. The van der Waals surface area contributed by atoms with Gasteiger partial charge in [-0.1, -0.05) is 26.7 Å². The molecule has 0 fully saturated rings. The fourth-order valence-corrected chi connectivity index (χ4v) is 3.57. The summed E-state index contributed by atoms with van der Waals surface area (Å²) in [7, 11) is 0. The molecule has 0 rings (SSSR count). The van der Waals surface area contributed by atoms with E-state index in [0.717, 1.165) is 38.9 Å². The average Bonchev–Trinajstić information content (AvgIpc) is 3.07. The van der Waals surface area contributed by atoms with Gasteiger partial charge in [0.1, 0.15) is 5.60 Å². The molecule has 294 valence electrons. The number of unbranched alkanes of at least 4 members (excludes halogenated alkanes) is 2. The summed E-state index contributed by atoms with van der Waals surface area (Å²) in [6.45, 7) is 20.6. The first-order valence-electron chi connectivity index (χ1n) is 18.1. The quantitative estimate of drug-likeness (QED) is 0.0677. The lowest BCUT2D eigenvalue weighted by molar-refractivity contribution is -0.174. The van der Waals surface area contributed by atoms with Crippen LogP contribution < -0.4 is 0 Å². The van der Waals surface area contributed by atoms with Gasteiger partial charge in [-0.2, -0.15) is 0 Å². The highest BCUT2D eigenvalue weighted by molar-refractivity contribution is 5.75. The molecule has 0 bridgehead atoms. The van der Waals surface area contributed by atoms with Gasteiger partial charge in [0.05, 0.1) is 139 Å². The number of esters is 1. The smallest absolute Gasteiger partial charge is 0.338 e. The molecule has 0 spiro atoms. The second kappa shape index (κ2) is 38.2. The molecule has 1 atom stereocenters. The maximum Gasteiger partial charge on any atom is 0.338 e. The lowest BCUT2D eigenvalue weighted by Gasteiger charge is -2.24. The van der Waals surface area contributed by atoms with E-state index >= 15 is 0 Å². The van der Waals surface area contributed by atoms with E-state index in [2.05, 4.69) is 13.8 Å². The summed E-state index contributed by atoms with van der Waals surface area (Å²) in [6, 6.07) is 0. The molecule has 0 saturated heterocycles. The Balaban J connectivity index is 3.72. The van der Waals surface area contributed by atoms with Crippen molar-refractivity contribution in [3.63, 3.8) is 0 Å². The molecular weight excluding hydrogens is 644 g/mol. The van der Waals surface area contributed by atoms with Crippen LogP contribution in [-0.4, -0.2) is 170 Å².